The van der Waals surface area contributed by atoms with E-state index >= 15 is 0 Å². The molecule has 1 aliphatic rings. The van der Waals surface area contributed by atoms with Crippen LogP contribution in [0.3, 0.4) is 0 Å². The van der Waals surface area contributed by atoms with Crippen molar-refractivity contribution in [1.82, 2.24) is 4.98 Å². The maximum absolute atomic E-state index is 13.4. The molecule has 1 aliphatic carbocycles. The van der Waals surface area contributed by atoms with Crippen LogP contribution in [0.25, 0.3) is 10.9 Å². The van der Waals surface area contributed by atoms with Crippen molar-refractivity contribution in [1.29, 1.82) is 0 Å². The molecule has 0 unspecified atom stereocenters. The number of nitro benzene ring substituents is 1. The predicted molar refractivity (Wildman–Crippen MR) is 121 cm³/mol. The van der Waals surface area contributed by atoms with Crippen LogP contribution in [-0.4, -0.2) is 27.9 Å². The van der Waals surface area contributed by atoms with Gasteiger partial charge in [0.15, 0.2) is 6.10 Å². The second-order valence-electron chi connectivity index (χ2n) is 8.71. The first-order chi connectivity index (χ1) is 16.4. The zero-order valence-electron chi connectivity index (χ0n) is 18.9. The van der Waals surface area contributed by atoms with Crippen LogP contribution in [0.1, 0.15) is 47.4 Å². The number of fused-ring (bicyclic) bond motifs is 3. The highest BCUT2D eigenvalue weighted by molar-refractivity contribution is 6.00. The number of amides is 1. The van der Waals surface area contributed by atoms with E-state index in [1.54, 1.807) is 18.2 Å². The minimum Gasteiger partial charge on any atom is -0.449 e. The van der Waals surface area contributed by atoms with Crippen molar-refractivity contribution in [3.05, 3.63) is 68.9 Å². The van der Waals surface area contributed by atoms with E-state index in [9.17, 15) is 32.9 Å². The van der Waals surface area contributed by atoms with Crippen molar-refractivity contribution >= 4 is 34.2 Å². The second-order valence-corrected chi connectivity index (χ2v) is 8.71. The van der Waals surface area contributed by atoms with Crippen LogP contribution in [0.5, 0.6) is 0 Å². The van der Waals surface area contributed by atoms with Crippen molar-refractivity contribution in [3.63, 3.8) is 0 Å². The van der Waals surface area contributed by atoms with E-state index in [4.69, 9.17) is 4.74 Å². The average molecular weight is 489 g/mol. The summed E-state index contributed by atoms with van der Waals surface area (Å²) in [5, 5.41) is 13.8. The minimum absolute atomic E-state index is 0.212. The quantitative estimate of drug-likeness (QED) is 0.283. The summed E-state index contributed by atoms with van der Waals surface area (Å²) in [5.74, 6) is -1.29. The van der Waals surface area contributed by atoms with E-state index in [-0.39, 0.29) is 5.56 Å². The number of aromatic amines is 1. The first-order valence-corrected chi connectivity index (χ1v) is 10.9. The van der Waals surface area contributed by atoms with Gasteiger partial charge in [-0.05, 0) is 61.9 Å². The molecule has 0 saturated carbocycles. The minimum atomic E-state index is -4.95. The Morgan fingerprint density at radius 1 is 1.23 bits per heavy atom. The molecule has 35 heavy (non-hydrogen) atoms. The Morgan fingerprint density at radius 2 is 1.97 bits per heavy atom. The first-order valence-electron chi connectivity index (χ1n) is 10.9. The Labute approximate surface area is 197 Å². The molecule has 0 spiro atoms. The number of hydrogen-bond donors (Lipinski definition) is 2. The number of rotatable bonds is 5. The normalized spacial score (nSPS) is 16.4. The molecule has 1 aromatic heterocycles. The molecule has 11 heteroatoms. The molecule has 2 N–H and O–H groups in total. The zero-order valence-corrected chi connectivity index (χ0v) is 18.9. The summed E-state index contributed by atoms with van der Waals surface area (Å²) in [7, 11) is 0. The van der Waals surface area contributed by atoms with Crippen LogP contribution in [0.15, 0.2) is 36.4 Å². The Bertz CT molecular complexity index is 1330. The SMILES string of the molecule is C[C@H]1CCc2[nH]c3ccc(C(=O)O[C@H](C)C(=O)Nc4ccc([N+](=O)[O-])cc4C(F)(F)F)cc3c2C1. The highest BCUT2D eigenvalue weighted by Gasteiger charge is 2.36. The number of aryl methyl sites for hydroxylation is 1. The molecular weight excluding hydrogens is 467 g/mol. The largest absolute Gasteiger partial charge is 0.449 e. The van der Waals surface area contributed by atoms with Crippen LogP contribution in [-0.2, 0) is 28.5 Å². The van der Waals surface area contributed by atoms with Crippen molar-refractivity contribution in [3.8, 4) is 0 Å². The Kier molecular flexibility index (Phi) is 6.27. The summed E-state index contributed by atoms with van der Waals surface area (Å²) in [6, 6.07) is 6.96. The van der Waals surface area contributed by atoms with Gasteiger partial charge in [-0.2, -0.15) is 13.2 Å². The lowest BCUT2D eigenvalue weighted by Gasteiger charge is -2.18. The van der Waals surface area contributed by atoms with Crippen LogP contribution in [0.2, 0.25) is 0 Å². The van der Waals surface area contributed by atoms with E-state index in [1.165, 1.54) is 6.92 Å². The van der Waals surface area contributed by atoms with Crippen molar-refractivity contribution in [2.75, 3.05) is 5.32 Å². The van der Waals surface area contributed by atoms with Gasteiger partial charge >= 0.3 is 12.1 Å². The van der Waals surface area contributed by atoms with E-state index in [2.05, 4.69) is 11.9 Å². The van der Waals surface area contributed by atoms with E-state index in [0.29, 0.717) is 12.0 Å². The number of nitro groups is 1. The summed E-state index contributed by atoms with van der Waals surface area (Å²) in [5.41, 5.74) is 0.567. The molecule has 0 radical (unpaired) electrons. The smallest absolute Gasteiger partial charge is 0.418 e. The number of hydrogen-bond acceptors (Lipinski definition) is 5. The monoisotopic (exact) mass is 489 g/mol. The summed E-state index contributed by atoms with van der Waals surface area (Å²) in [6.07, 6.45) is -3.49. The van der Waals surface area contributed by atoms with E-state index in [1.807, 2.05) is 5.32 Å². The highest BCUT2D eigenvalue weighted by Crippen LogP contribution is 2.37. The van der Waals surface area contributed by atoms with Gasteiger partial charge in [0, 0.05) is 28.7 Å². The number of carbonyl (C=O) groups is 2. The molecule has 0 aliphatic heterocycles. The van der Waals surface area contributed by atoms with Gasteiger partial charge in [0.1, 0.15) is 0 Å². The number of ether oxygens (including phenoxy) is 1. The maximum atomic E-state index is 13.4. The fourth-order valence-corrected chi connectivity index (χ4v) is 4.22. The molecule has 3 aromatic rings. The van der Waals surface area contributed by atoms with Crippen LogP contribution >= 0.6 is 0 Å². The summed E-state index contributed by atoms with van der Waals surface area (Å²) < 4.78 is 45.3. The number of halogens is 3. The number of aromatic nitrogens is 1. The van der Waals surface area contributed by atoms with Crippen LogP contribution < -0.4 is 5.32 Å². The molecule has 4 rings (SSSR count). The number of non-ortho nitro benzene ring substituents is 1. The number of benzene rings is 2. The molecule has 0 bridgehead atoms. The Morgan fingerprint density at radius 3 is 2.66 bits per heavy atom. The summed E-state index contributed by atoms with van der Waals surface area (Å²) >= 11 is 0. The van der Waals surface area contributed by atoms with Gasteiger partial charge in [0.05, 0.1) is 21.7 Å². The maximum Gasteiger partial charge on any atom is 0.418 e. The van der Waals surface area contributed by atoms with Crippen molar-refractivity contribution in [2.45, 2.75) is 45.4 Å². The zero-order chi connectivity index (χ0) is 25.5. The number of esters is 1. The predicted octanol–water partition coefficient (Wildman–Crippen LogP) is 5.40. The van der Waals surface area contributed by atoms with Crippen LogP contribution in [0, 0.1) is 16.0 Å². The van der Waals surface area contributed by atoms with E-state index < -0.39 is 46.0 Å². The lowest BCUT2D eigenvalue weighted by molar-refractivity contribution is -0.385. The van der Waals surface area contributed by atoms with Gasteiger partial charge in [0.25, 0.3) is 11.6 Å². The Hall–Kier alpha value is -3.89. The Balaban J connectivity index is 1.50. The molecule has 1 amide bonds. The number of H-pyrrole nitrogens is 1. The van der Waals surface area contributed by atoms with Crippen molar-refractivity contribution < 1.29 is 32.4 Å². The molecule has 8 nitrogen and oxygen atoms in total. The lowest BCUT2D eigenvalue weighted by atomic mass is 9.87. The number of nitrogens with zero attached hydrogens (tertiary/aromatic N) is 1. The van der Waals surface area contributed by atoms with Gasteiger partial charge in [-0.25, -0.2) is 4.79 Å². The molecule has 184 valence electrons. The highest BCUT2D eigenvalue weighted by atomic mass is 19.4. The van der Waals surface area contributed by atoms with Gasteiger partial charge in [-0.15, -0.1) is 0 Å². The van der Waals surface area contributed by atoms with Gasteiger partial charge in [0.2, 0.25) is 0 Å². The van der Waals surface area contributed by atoms with E-state index in [0.717, 1.165) is 53.6 Å². The average Bonchev–Trinajstić information content (AvgIpc) is 3.15. The summed E-state index contributed by atoms with van der Waals surface area (Å²) in [6.45, 7) is 3.39. The standard InChI is InChI=1S/C24H22F3N3O5/c1-12-3-6-19-16(9-12)17-10-14(4-7-20(17)28-19)23(32)35-13(2)22(31)29-21-8-5-15(30(33)34)11-18(21)24(25,26)27/h4-5,7-8,10-13,28H,3,6,9H2,1-2H3,(H,29,31)/t12-,13+/m0/s1. The fraction of sp³-hybridized carbons (Fsp3) is 0.333. The molecule has 2 aromatic carbocycles. The number of alkyl halides is 3. The molecular formula is C24H22F3N3O5. The van der Waals surface area contributed by atoms with Gasteiger partial charge < -0.3 is 15.0 Å². The first kappa shape index (κ1) is 24.2. The lowest BCUT2D eigenvalue weighted by Crippen LogP contribution is -2.30. The fourth-order valence-electron chi connectivity index (χ4n) is 4.22. The third-order valence-electron chi connectivity index (χ3n) is 6.10. The topological polar surface area (TPSA) is 114 Å². The summed E-state index contributed by atoms with van der Waals surface area (Å²) in [4.78, 5) is 38.4. The molecule has 1 heterocycles. The molecule has 0 fully saturated rings. The van der Waals surface area contributed by atoms with Crippen molar-refractivity contribution in [2.24, 2.45) is 5.92 Å². The molecule has 2 atom stereocenters. The third kappa shape index (κ3) is 4.98. The van der Waals surface area contributed by atoms with Gasteiger partial charge in [-0.3, -0.25) is 14.9 Å². The second kappa shape index (κ2) is 9.05. The van der Waals surface area contributed by atoms with Gasteiger partial charge in [-0.1, -0.05) is 6.92 Å². The van der Waals surface area contributed by atoms with Crippen LogP contribution in [0.4, 0.5) is 24.5 Å². The third-order valence-corrected chi connectivity index (χ3v) is 6.10. The molecule has 0 saturated heterocycles. The number of anilines is 1. The number of nitrogens with one attached hydrogen (secondary N) is 2. The number of carbonyl (C=O) groups excluding carboxylic acids is 2.